The van der Waals surface area contributed by atoms with Crippen molar-refractivity contribution < 1.29 is 0 Å². The number of aromatic nitrogens is 2. The summed E-state index contributed by atoms with van der Waals surface area (Å²) in [7, 11) is 1.78. The Labute approximate surface area is 87.9 Å². The summed E-state index contributed by atoms with van der Waals surface area (Å²) in [5, 5.41) is 11.7. The Bertz CT molecular complexity index is 485. The van der Waals surface area contributed by atoms with Crippen LogP contribution in [0.5, 0.6) is 0 Å². The predicted molar refractivity (Wildman–Crippen MR) is 59.7 cm³/mol. The summed E-state index contributed by atoms with van der Waals surface area (Å²) in [6.45, 7) is 0. The molecule has 0 spiro atoms. The van der Waals surface area contributed by atoms with Crippen LogP contribution in [-0.2, 0) is 7.05 Å². The number of nitrogens with zero attached hydrogens (tertiary/aromatic N) is 2. The molecule has 15 heavy (non-hydrogen) atoms. The normalized spacial score (nSPS) is 10.2. The molecule has 4 heteroatoms. The van der Waals surface area contributed by atoms with Gasteiger partial charge in [0.25, 0.3) is 0 Å². The van der Waals surface area contributed by atoms with Crippen LogP contribution in [0.4, 0.5) is 0 Å². The van der Waals surface area contributed by atoms with Gasteiger partial charge in [0.2, 0.25) is 0 Å². The average Bonchev–Trinajstić information content (AvgIpc) is 2.62. The highest BCUT2D eigenvalue weighted by Gasteiger charge is 2.08. The van der Waals surface area contributed by atoms with E-state index < -0.39 is 0 Å². The van der Waals surface area contributed by atoms with Crippen LogP contribution in [0.3, 0.4) is 0 Å². The van der Waals surface area contributed by atoms with Crippen LogP contribution in [0.15, 0.2) is 36.4 Å². The zero-order valence-electron chi connectivity index (χ0n) is 8.44. The fourth-order valence-electron chi connectivity index (χ4n) is 1.47. The highest BCUT2D eigenvalue weighted by atomic mass is 15.3. The van der Waals surface area contributed by atoms with Gasteiger partial charge in [-0.1, -0.05) is 30.3 Å². The number of hydrogen-bond acceptors (Lipinski definition) is 2. The lowest BCUT2D eigenvalue weighted by atomic mass is 10.1. The van der Waals surface area contributed by atoms with Crippen molar-refractivity contribution in [1.29, 1.82) is 5.41 Å². The van der Waals surface area contributed by atoms with E-state index in [1.54, 1.807) is 11.7 Å². The first-order chi connectivity index (χ1) is 7.18. The van der Waals surface area contributed by atoms with E-state index in [9.17, 15) is 0 Å². The molecule has 1 heterocycles. The summed E-state index contributed by atoms with van der Waals surface area (Å²) in [5.41, 5.74) is 7.93. The zero-order chi connectivity index (χ0) is 10.8. The molecule has 0 atom stereocenters. The molecule has 0 saturated heterocycles. The number of amidine groups is 1. The first-order valence-corrected chi connectivity index (χ1v) is 4.62. The van der Waals surface area contributed by atoms with Gasteiger partial charge in [0.05, 0.1) is 5.69 Å². The predicted octanol–water partition coefficient (Wildman–Crippen LogP) is 1.37. The van der Waals surface area contributed by atoms with Crippen LogP contribution in [0, 0.1) is 5.41 Å². The smallest absolute Gasteiger partial charge is 0.141 e. The lowest BCUT2D eigenvalue weighted by Gasteiger charge is -1.95. The van der Waals surface area contributed by atoms with Crippen LogP contribution in [0.1, 0.15) is 5.69 Å². The minimum Gasteiger partial charge on any atom is -0.382 e. The Morgan fingerprint density at radius 2 is 2.00 bits per heavy atom. The van der Waals surface area contributed by atoms with Gasteiger partial charge in [-0.3, -0.25) is 10.1 Å². The Hall–Kier alpha value is -2.10. The highest BCUT2D eigenvalue weighted by molar-refractivity contribution is 5.94. The van der Waals surface area contributed by atoms with Gasteiger partial charge in [0, 0.05) is 12.6 Å². The second-order valence-corrected chi connectivity index (χ2v) is 3.32. The van der Waals surface area contributed by atoms with Gasteiger partial charge in [-0.2, -0.15) is 5.10 Å². The van der Waals surface area contributed by atoms with Crippen LogP contribution in [0.2, 0.25) is 0 Å². The third kappa shape index (κ3) is 1.74. The molecule has 0 bridgehead atoms. The Morgan fingerprint density at radius 1 is 1.33 bits per heavy atom. The third-order valence-electron chi connectivity index (χ3n) is 2.23. The number of aryl methyl sites for hydroxylation is 1. The largest absolute Gasteiger partial charge is 0.382 e. The lowest BCUT2D eigenvalue weighted by molar-refractivity contribution is 0.761. The van der Waals surface area contributed by atoms with E-state index in [1.807, 2.05) is 36.4 Å². The van der Waals surface area contributed by atoms with Gasteiger partial charge in [-0.15, -0.1) is 0 Å². The van der Waals surface area contributed by atoms with Gasteiger partial charge in [-0.05, 0) is 6.07 Å². The van der Waals surface area contributed by atoms with Crippen molar-refractivity contribution in [2.45, 2.75) is 0 Å². The van der Waals surface area contributed by atoms with Crippen LogP contribution < -0.4 is 5.73 Å². The molecule has 0 unspecified atom stereocenters. The second-order valence-electron chi connectivity index (χ2n) is 3.32. The molecule has 0 aliphatic rings. The maximum absolute atomic E-state index is 7.37. The fraction of sp³-hybridized carbons (Fsp3) is 0.0909. The number of benzene rings is 1. The first-order valence-electron chi connectivity index (χ1n) is 4.62. The molecule has 0 amide bonds. The Morgan fingerprint density at radius 3 is 2.53 bits per heavy atom. The van der Waals surface area contributed by atoms with Crippen molar-refractivity contribution in [2.24, 2.45) is 12.8 Å². The summed E-state index contributed by atoms with van der Waals surface area (Å²) >= 11 is 0. The van der Waals surface area contributed by atoms with Gasteiger partial charge < -0.3 is 5.73 Å². The maximum atomic E-state index is 7.37. The van der Waals surface area contributed by atoms with Crippen molar-refractivity contribution in [2.75, 3.05) is 0 Å². The molecule has 0 aliphatic carbocycles. The number of rotatable bonds is 2. The lowest BCUT2D eigenvalue weighted by Crippen LogP contribution is -2.15. The zero-order valence-corrected chi connectivity index (χ0v) is 8.44. The van der Waals surface area contributed by atoms with Crippen molar-refractivity contribution in [3.8, 4) is 11.3 Å². The molecule has 0 fully saturated rings. The Balaban J connectivity index is 2.48. The topological polar surface area (TPSA) is 67.7 Å². The van der Waals surface area contributed by atoms with E-state index in [-0.39, 0.29) is 5.84 Å². The monoisotopic (exact) mass is 200 g/mol. The summed E-state index contributed by atoms with van der Waals surface area (Å²) in [4.78, 5) is 0. The molecule has 1 aromatic carbocycles. The number of nitrogen functional groups attached to an aromatic ring is 1. The molecule has 0 saturated carbocycles. The summed E-state index contributed by atoms with van der Waals surface area (Å²) in [6, 6.07) is 11.6. The van der Waals surface area contributed by atoms with E-state index >= 15 is 0 Å². The number of nitrogens with two attached hydrogens (primary N) is 1. The van der Waals surface area contributed by atoms with Crippen molar-refractivity contribution in [3.63, 3.8) is 0 Å². The van der Waals surface area contributed by atoms with E-state index in [2.05, 4.69) is 5.10 Å². The van der Waals surface area contributed by atoms with Gasteiger partial charge in [0.15, 0.2) is 0 Å². The summed E-state index contributed by atoms with van der Waals surface area (Å²) < 4.78 is 1.62. The minimum absolute atomic E-state index is 0.0344. The van der Waals surface area contributed by atoms with Gasteiger partial charge >= 0.3 is 0 Å². The molecular formula is C11H12N4. The standard InChI is InChI=1S/C11H12N4/c1-15-10(11(12)13)7-9(14-15)8-5-3-2-4-6-8/h2-7H,1H3,(H3,12,13). The molecule has 76 valence electrons. The molecular weight excluding hydrogens is 188 g/mol. The van der Waals surface area contributed by atoms with Gasteiger partial charge in [-0.25, -0.2) is 0 Å². The molecule has 1 aromatic heterocycles. The highest BCUT2D eigenvalue weighted by Crippen LogP contribution is 2.17. The third-order valence-corrected chi connectivity index (χ3v) is 2.23. The quantitative estimate of drug-likeness (QED) is 0.568. The van der Waals surface area contributed by atoms with E-state index in [0.717, 1.165) is 11.3 Å². The van der Waals surface area contributed by atoms with Crippen LogP contribution >= 0.6 is 0 Å². The van der Waals surface area contributed by atoms with E-state index in [4.69, 9.17) is 11.1 Å². The van der Waals surface area contributed by atoms with Crippen molar-refractivity contribution >= 4 is 5.84 Å². The van der Waals surface area contributed by atoms with E-state index in [1.165, 1.54) is 0 Å². The van der Waals surface area contributed by atoms with Gasteiger partial charge in [0.1, 0.15) is 11.5 Å². The van der Waals surface area contributed by atoms with Crippen LogP contribution in [0.25, 0.3) is 11.3 Å². The fourth-order valence-corrected chi connectivity index (χ4v) is 1.47. The van der Waals surface area contributed by atoms with E-state index in [0.29, 0.717) is 5.69 Å². The average molecular weight is 200 g/mol. The van der Waals surface area contributed by atoms with Crippen molar-refractivity contribution in [3.05, 3.63) is 42.1 Å². The summed E-state index contributed by atoms with van der Waals surface area (Å²) in [5.74, 6) is 0.0344. The molecule has 3 N–H and O–H groups in total. The minimum atomic E-state index is 0.0344. The number of hydrogen-bond donors (Lipinski definition) is 2. The van der Waals surface area contributed by atoms with Crippen LogP contribution in [-0.4, -0.2) is 15.6 Å². The maximum Gasteiger partial charge on any atom is 0.141 e. The SMILES string of the molecule is Cn1nc(-c2ccccc2)cc1C(=N)N. The Kier molecular flexibility index (Phi) is 2.25. The first kappa shape index (κ1) is 9.45. The molecule has 4 nitrogen and oxygen atoms in total. The molecule has 2 aromatic rings. The molecule has 0 radical (unpaired) electrons. The molecule has 0 aliphatic heterocycles. The molecule has 2 rings (SSSR count). The number of nitrogens with one attached hydrogen (secondary N) is 1. The summed E-state index contributed by atoms with van der Waals surface area (Å²) in [6.07, 6.45) is 0. The van der Waals surface area contributed by atoms with Crippen molar-refractivity contribution in [1.82, 2.24) is 9.78 Å². The second kappa shape index (κ2) is 3.57.